The Bertz CT molecular complexity index is 734. The zero-order chi connectivity index (χ0) is 19.9. The quantitative estimate of drug-likeness (QED) is 0.536. The summed E-state index contributed by atoms with van der Waals surface area (Å²) in [4.78, 5) is 4.21. The maximum Gasteiger partial charge on any atom is 0.213 e. The van der Waals surface area contributed by atoms with Crippen LogP contribution in [0.5, 0.6) is 5.75 Å². The first-order chi connectivity index (χ1) is 12.8. The SMILES string of the molecule is CCS(=O)(=O)N1CCC(NC(=NC)NCC(C)Oc2cccc(F)c2)CC1. The average molecular weight is 401 g/mol. The van der Waals surface area contributed by atoms with Crippen molar-refractivity contribution in [2.45, 2.75) is 38.8 Å². The second-order valence-electron chi connectivity index (χ2n) is 6.56. The minimum atomic E-state index is -3.12. The Morgan fingerprint density at radius 2 is 2.11 bits per heavy atom. The first-order valence-electron chi connectivity index (χ1n) is 9.21. The molecule has 1 saturated heterocycles. The molecule has 1 aromatic rings. The summed E-state index contributed by atoms with van der Waals surface area (Å²) in [7, 11) is -1.43. The Labute approximate surface area is 161 Å². The van der Waals surface area contributed by atoms with Gasteiger partial charge in [-0.3, -0.25) is 4.99 Å². The maximum absolute atomic E-state index is 13.2. The lowest BCUT2D eigenvalue weighted by Crippen LogP contribution is -2.51. The van der Waals surface area contributed by atoms with Crippen LogP contribution in [0.15, 0.2) is 29.3 Å². The molecule has 1 aliphatic rings. The van der Waals surface area contributed by atoms with Gasteiger partial charge >= 0.3 is 0 Å². The molecule has 1 aromatic carbocycles. The van der Waals surface area contributed by atoms with Gasteiger partial charge in [0.1, 0.15) is 17.7 Å². The summed E-state index contributed by atoms with van der Waals surface area (Å²) in [6.07, 6.45) is 1.28. The van der Waals surface area contributed by atoms with Crippen LogP contribution in [0, 0.1) is 5.82 Å². The van der Waals surface area contributed by atoms with Crippen molar-refractivity contribution in [3.05, 3.63) is 30.1 Å². The van der Waals surface area contributed by atoms with Crippen molar-refractivity contribution >= 4 is 16.0 Å². The third-order valence-corrected chi connectivity index (χ3v) is 6.35. The predicted molar refractivity (Wildman–Crippen MR) is 105 cm³/mol. The van der Waals surface area contributed by atoms with Crippen LogP contribution in [0.1, 0.15) is 26.7 Å². The molecule has 7 nitrogen and oxygen atoms in total. The smallest absolute Gasteiger partial charge is 0.213 e. The van der Waals surface area contributed by atoms with Crippen LogP contribution in [-0.4, -0.2) is 63.3 Å². The normalized spacial score (nSPS) is 18.1. The van der Waals surface area contributed by atoms with Gasteiger partial charge in [0.2, 0.25) is 10.0 Å². The number of aliphatic imine (C=N–C) groups is 1. The number of nitrogens with one attached hydrogen (secondary N) is 2. The number of rotatable bonds is 7. The molecule has 27 heavy (non-hydrogen) atoms. The number of hydrogen-bond donors (Lipinski definition) is 2. The van der Waals surface area contributed by atoms with Gasteiger partial charge in [0.15, 0.2) is 5.96 Å². The number of nitrogens with zero attached hydrogens (tertiary/aromatic N) is 2. The van der Waals surface area contributed by atoms with E-state index in [4.69, 9.17) is 4.74 Å². The van der Waals surface area contributed by atoms with Crippen LogP contribution in [-0.2, 0) is 10.0 Å². The summed E-state index contributed by atoms with van der Waals surface area (Å²) in [5, 5.41) is 6.52. The second kappa shape index (κ2) is 9.89. The van der Waals surface area contributed by atoms with Crippen LogP contribution in [0.25, 0.3) is 0 Å². The Kier molecular flexibility index (Phi) is 7.85. The Balaban J connectivity index is 1.76. The number of guanidine groups is 1. The molecule has 0 amide bonds. The molecule has 2 rings (SSSR count). The van der Waals surface area contributed by atoms with E-state index in [1.165, 1.54) is 12.1 Å². The monoisotopic (exact) mass is 400 g/mol. The molecule has 1 heterocycles. The molecule has 1 atom stereocenters. The third-order valence-electron chi connectivity index (χ3n) is 4.47. The summed E-state index contributed by atoms with van der Waals surface area (Å²) in [6, 6.07) is 6.21. The van der Waals surface area contributed by atoms with Crippen LogP contribution in [0.3, 0.4) is 0 Å². The summed E-state index contributed by atoms with van der Waals surface area (Å²) < 4.78 is 44.3. The minimum Gasteiger partial charge on any atom is -0.489 e. The molecule has 2 N–H and O–H groups in total. The highest BCUT2D eigenvalue weighted by Gasteiger charge is 2.27. The molecule has 1 unspecified atom stereocenters. The molecule has 0 saturated carbocycles. The molecular weight excluding hydrogens is 371 g/mol. The zero-order valence-corrected chi connectivity index (χ0v) is 16.9. The Morgan fingerprint density at radius 3 is 2.70 bits per heavy atom. The summed E-state index contributed by atoms with van der Waals surface area (Å²) in [5.41, 5.74) is 0. The van der Waals surface area contributed by atoms with Gasteiger partial charge < -0.3 is 15.4 Å². The summed E-state index contributed by atoms with van der Waals surface area (Å²) >= 11 is 0. The lowest BCUT2D eigenvalue weighted by molar-refractivity contribution is 0.222. The van der Waals surface area contributed by atoms with Crippen molar-refractivity contribution < 1.29 is 17.5 Å². The highest BCUT2D eigenvalue weighted by Crippen LogP contribution is 2.15. The van der Waals surface area contributed by atoms with Gasteiger partial charge in [-0.15, -0.1) is 0 Å². The first kappa shape index (κ1) is 21.4. The standard InChI is InChI=1S/C18H29FN4O3S/c1-4-27(24,25)23-10-8-16(9-11-23)22-18(20-3)21-13-14(2)26-17-7-5-6-15(19)12-17/h5-7,12,14,16H,4,8-11,13H2,1-3H3,(H2,20,21,22). The van der Waals surface area contributed by atoms with E-state index < -0.39 is 10.0 Å². The fourth-order valence-corrected chi connectivity index (χ4v) is 4.04. The van der Waals surface area contributed by atoms with Crippen molar-refractivity contribution in [1.82, 2.24) is 14.9 Å². The highest BCUT2D eigenvalue weighted by molar-refractivity contribution is 7.89. The molecule has 0 spiro atoms. The topological polar surface area (TPSA) is 83.0 Å². The highest BCUT2D eigenvalue weighted by atomic mass is 32.2. The summed E-state index contributed by atoms with van der Waals surface area (Å²) in [5.74, 6) is 0.928. The van der Waals surface area contributed by atoms with E-state index >= 15 is 0 Å². The van der Waals surface area contributed by atoms with Gasteiger partial charge in [0, 0.05) is 32.2 Å². The third kappa shape index (κ3) is 6.66. The van der Waals surface area contributed by atoms with E-state index in [2.05, 4.69) is 15.6 Å². The summed E-state index contributed by atoms with van der Waals surface area (Å²) in [6.45, 7) is 5.09. The van der Waals surface area contributed by atoms with Crippen molar-refractivity contribution in [2.75, 3.05) is 32.4 Å². The van der Waals surface area contributed by atoms with Crippen molar-refractivity contribution in [1.29, 1.82) is 0 Å². The maximum atomic E-state index is 13.2. The average Bonchev–Trinajstić information content (AvgIpc) is 2.65. The van der Waals surface area contributed by atoms with E-state index in [1.807, 2.05) is 6.92 Å². The van der Waals surface area contributed by atoms with Gasteiger partial charge in [-0.1, -0.05) is 6.07 Å². The zero-order valence-electron chi connectivity index (χ0n) is 16.1. The van der Waals surface area contributed by atoms with Gasteiger partial charge in [-0.05, 0) is 38.8 Å². The van der Waals surface area contributed by atoms with E-state index in [0.717, 1.165) is 12.8 Å². The molecule has 0 aromatic heterocycles. The molecule has 0 bridgehead atoms. The minimum absolute atomic E-state index is 0.136. The lowest BCUT2D eigenvalue weighted by Gasteiger charge is -2.32. The van der Waals surface area contributed by atoms with Crippen LogP contribution >= 0.6 is 0 Å². The van der Waals surface area contributed by atoms with Crippen LogP contribution in [0.2, 0.25) is 0 Å². The number of benzene rings is 1. The molecule has 152 valence electrons. The van der Waals surface area contributed by atoms with Crippen molar-refractivity contribution in [2.24, 2.45) is 4.99 Å². The number of halogens is 1. The number of sulfonamides is 1. The fourth-order valence-electron chi connectivity index (χ4n) is 2.90. The first-order valence-corrected chi connectivity index (χ1v) is 10.8. The van der Waals surface area contributed by atoms with E-state index in [1.54, 1.807) is 30.4 Å². The predicted octanol–water partition coefficient (Wildman–Crippen LogP) is 1.57. The molecule has 0 aliphatic carbocycles. The van der Waals surface area contributed by atoms with Crippen molar-refractivity contribution in [3.8, 4) is 5.75 Å². The van der Waals surface area contributed by atoms with Gasteiger partial charge in [-0.2, -0.15) is 0 Å². The van der Waals surface area contributed by atoms with E-state index in [0.29, 0.717) is 31.3 Å². The molecule has 0 radical (unpaired) electrons. The second-order valence-corrected chi connectivity index (χ2v) is 8.81. The van der Waals surface area contributed by atoms with Gasteiger partial charge in [-0.25, -0.2) is 17.1 Å². The number of hydrogen-bond acceptors (Lipinski definition) is 4. The Hall–Kier alpha value is -1.87. The molecule has 1 aliphatic heterocycles. The fraction of sp³-hybridized carbons (Fsp3) is 0.611. The van der Waals surface area contributed by atoms with Gasteiger partial charge in [0.05, 0.1) is 12.3 Å². The number of piperidine rings is 1. The largest absolute Gasteiger partial charge is 0.489 e. The molecular formula is C18H29FN4O3S. The lowest BCUT2D eigenvalue weighted by atomic mass is 10.1. The molecule has 1 fully saturated rings. The number of ether oxygens (including phenoxy) is 1. The van der Waals surface area contributed by atoms with E-state index in [9.17, 15) is 12.8 Å². The van der Waals surface area contributed by atoms with E-state index in [-0.39, 0.29) is 23.7 Å². The van der Waals surface area contributed by atoms with Gasteiger partial charge in [0.25, 0.3) is 0 Å². The van der Waals surface area contributed by atoms with Crippen molar-refractivity contribution in [3.63, 3.8) is 0 Å². The van der Waals surface area contributed by atoms with Crippen LogP contribution in [0.4, 0.5) is 4.39 Å². The van der Waals surface area contributed by atoms with Crippen LogP contribution < -0.4 is 15.4 Å². The Morgan fingerprint density at radius 1 is 1.41 bits per heavy atom. The molecule has 9 heteroatoms.